The summed E-state index contributed by atoms with van der Waals surface area (Å²) in [7, 11) is 1.68. The van der Waals surface area contributed by atoms with Crippen LogP contribution in [0.15, 0.2) is 48.8 Å². The minimum absolute atomic E-state index is 0.0570. The van der Waals surface area contributed by atoms with Crippen molar-refractivity contribution < 1.29 is 19.1 Å². The molecule has 0 bridgehead atoms. The Morgan fingerprint density at radius 1 is 1.22 bits per heavy atom. The van der Waals surface area contributed by atoms with Crippen molar-refractivity contribution in [3.63, 3.8) is 0 Å². The highest BCUT2D eigenvalue weighted by atomic mass is 16.5. The lowest BCUT2D eigenvalue weighted by Gasteiger charge is -2.36. The molecule has 2 aromatic heterocycles. The molecule has 2 atom stereocenters. The lowest BCUT2D eigenvalue weighted by Crippen LogP contribution is -2.50. The number of rotatable bonds is 5. The highest BCUT2D eigenvalue weighted by Crippen LogP contribution is 2.45. The topological polar surface area (TPSA) is 127 Å². The Kier molecular flexibility index (Phi) is 5.33. The molecule has 3 N–H and O–H groups in total. The van der Waals surface area contributed by atoms with Crippen LogP contribution in [0.25, 0.3) is 0 Å². The second-order valence-electron chi connectivity index (χ2n) is 9.55. The molecule has 6 rings (SSSR count). The zero-order valence-corrected chi connectivity index (χ0v) is 19.8. The molecule has 0 radical (unpaired) electrons. The van der Waals surface area contributed by atoms with Gasteiger partial charge in [-0.15, -0.1) is 0 Å². The number of nitrogens with zero attached hydrogens (tertiary/aromatic N) is 3. The lowest BCUT2D eigenvalue weighted by atomic mass is 9.73. The monoisotopic (exact) mass is 486 g/mol. The molecule has 0 saturated carbocycles. The molecule has 3 amide bonds. The number of anilines is 2. The fourth-order valence-electron chi connectivity index (χ4n) is 5.55. The van der Waals surface area contributed by atoms with Gasteiger partial charge in [0.15, 0.2) is 0 Å². The van der Waals surface area contributed by atoms with E-state index in [0.717, 1.165) is 16.7 Å². The van der Waals surface area contributed by atoms with Gasteiger partial charge in [-0.2, -0.15) is 5.10 Å². The molecule has 1 fully saturated rings. The van der Waals surface area contributed by atoms with Crippen LogP contribution in [0.2, 0.25) is 0 Å². The lowest BCUT2D eigenvalue weighted by molar-refractivity contribution is -0.124. The van der Waals surface area contributed by atoms with Crippen molar-refractivity contribution in [3.8, 4) is 0 Å². The maximum absolute atomic E-state index is 13.5. The van der Waals surface area contributed by atoms with Gasteiger partial charge in [0.1, 0.15) is 17.6 Å². The number of aromatic nitrogens is 3. The van der Waals surface area contributed by atoms with Gasteiger partial charge in [-0.25, -0.2) is 4.98 Å². The Balaban J connectivity index is 1.25. The van der Waals surface area contributed by atoms with Crippen molar-refractivity contribution >= 4 is 29.2 Å². The van der Waals surface area contributed by atoms with Gasteiger partial charge >= 0.3 is 0 Å². The summed E-state index contributed by atoms with van der Waals surface area (Å²) in [6.45, 7) is 1.04. The molecule has 184 valence electrons. The second kappa shape index (κ2) is 8.56. The zero-order valence-electron chi connectivity index (χ0n) is 19.8. The molecule has 10 nitrogen and oxygen atoms in total. The zero-order chi connectivity index (χ0) is 24.9. The molecule has 3 aromatic rings. The third kappa shape index (κ3) is 3.56. The van der Waals surface area contributed by atoms with Gasteiger partial charge in [0.2, 0.25) is 11.8 Å². The molecular formula is C26H26N6O4. The number of fused-ring (bicyclic) bond motifs is 3. The molecule has 1 saturated heterocycles. The van der Waals surface area contributed by atoms with Crippen molar-refractivity contribution in [3.05, 3.63) is 71.2 Å². The van der Waals surface area contributed by atoms with E-state index >= 15 is 0 Å². The minimum Gasteiger partial charge on any atom is -0.381 e. The number of pyridine rings is 1. The van der Waals surface area contributed by atoms with Crippen molar-refractivity contribution in [1.82, 2.24) is 20.1 Å². The first-order chi connectivity index (χ1) is 17.5. The van der Waals surface area contributed by atoms with E-state index < -0.39 is 11.5 Å². The Labute approximate surface area is 207 Å². The molecule has 36 heavy (non-hydrogen) atoms. The van der Waals surface area contributed by atoms with E-state index in [0.29, 0.717) is 49.7 Å². The molecule has 10 heteroatoms. The van der Waals surface area contributed by atoms with Gasteiger partial charge in [-0.05, 0) is 36.5 Å². The maximum Gasteiger partial charge on any atom is 0.270 e. The molecule has 1 spiro atoms. The summed E-state index contributed by atoms with van der Waals surface area (Å²) in [6, 6.07) is 10.4. The maximum atomic E-state index is 13.5. The van der Waals surface area contributed by atoms with Crippen LogP contribution in [-0.2, 0) is 33.2 Å². The highest BCUT2D eigenvalue weighted by Gasteiger charge is 2.48. The quantitative estimate of drug-likeness (QED) is 0.506. The first kappa shape index (κ1) is 22.4. The SMILES string of the molecule is Cn1nccc1C(=O)NC(C(=O)Nc1cc2c(cn1)C1(CCOCC1)C(=O)N2)C1Cc2ccccc21. The first-order valence-corrected chi connectivity index (χ1v) is 12.0. The summed E-state index contributed by atoms with van der Waals surface area (Å²) in [4.78, 5) is 43.8. The number of carbonyl (C=O) groups excluding carboxylic acids is 3. The van der Waals surface area contributed by atoms with E-state index in [1.54, 1.807) is 25.4 Å². The summed E-state index contributed by atoms with van der Waals surface area (Å²) in [5, 5.41) is 12.8. The van der Waals surface area contributed by atoms with Crippen LogP contribution in [0.5, 0.6) is 0 Å². The van der Waals surface area contributed by atoms with Gasteiger partial charge in [0.25, 0.3) is 5.91 Å². The standard InChI is InChI=1S/C26H26N6O4/c1-32-20(6-9-28-32)23(33)31-22(17-12-15-4-2-3-5-16(15)17)24(34)30-21-13-19-18(14-27-21)26(25(35)29-19)7-10-36-11-8-26/h2-6,9,13-14,17,22H,7-8,10-12H2,1H3,(H,29,35)(H,31,33)(H,27,30,34). The van der Waals surface area contributed by atoms with Gasteiger partial charge < -0.3 is 20.7 Å². The molecule has 4 heterocycles. The van der Waals surface area contributed by atoms with Gasteiger partial charge in [0, 0.05) is 50.2 Å². The molecule has 1 aromatic carbocycles. The fourth-order valence-corrected chi connectivity index (χ4v) is 5.55. The molecule has 2 aliphatic heterocycles. The van der Waals surface area contributed by atoms with Crippen LogP contribution in [0, 0.1) is 0 Å². The summed E-state index contributed by atoms with van der Waals surface area (Å²) < 4.78 is 6.92. The van der Waals surface area contributed by atoms with Crippen LogP contribution < -0.4 is 16.0 Å². The molecular weight excluding hydrogens is 460 g/mol. The van der Waals surface area contributed by atoms with E-state index in [9.17, 15) is 14.4 Å². The Bertz CT molecular complexity index is 1380. The van der Waals surface area contributed by atoms with Crippen LogP contribution in [0.3, 0.4) is 0 Å². The van der Waals surface area contributed by atoms with Crippen molar-refractivity contribution in [2.24, 2.45) is 7.05 Å². The van der Waals surface area contributed by atoms with Crippen LogP contribution in [0.1, 0.15) is 45.9 Å². The highest BCUT2D eigenvalue weighted by molar-refractivity contribution is 6.07. The smallest absolute Gasteiger partial charge is 0.270 e. The predicted octanol–water partition coefficient (Wildman–Crippen LogP) is 1.89. The summed E-state index contributed by atoms with van der Waals surface area (Å²) in [5.74, 6) is -0.662. The van der Waals surface area contributed by atoms with Crippen molar-refractivity contribution in [1.29, 1.82) is 0 Å². The molecule has 3 aliphatic rings. The Morgan fingerprint density at radius 3 is 2.78 bits per heavy atom. The largest absolute Gasteiger partial charge is 0.381 e. The normalized spacial score (nSPS) is 20.0. The number of nitrogens with one attached hydrogen (secondary N) is 3. The van der Waals surface area contributed by atoms with Crippen LogP contribution in [-0.4, -0.2) is 51.7 Å². The number of benzene rings is 1. The van der Waals surface area contributed by atoms with Gasteiger partial charge in [0.05, 0.1) is 11.1 Å². The fraction of sp³-hybridized carbons (Fsp3) is 0.346. The van der Waals surface area contributed by atoms with Crippen molar-refractivity contribution in [2.45, 2.75) is 36.6 Å². The molecule has 2 unspecified atom stereocenters. The number of hydrogen-bond acceptors (Lipinski definition) is 6. The second-order valence-corrected chi connectivity index (χ2v) is 9.55. The van der Waals surface area contributed by atoms with E-state index in [-0.39, 0.29) is 23.6 Å². The summed E-state index contributed by atoms with van der Waals surface area (Å²) >= 11 is 0. The van der Waals surface area contributed by atoms with Gasteiger partial charge in [-0.3, -0.25) is 19.1 Å². The number of ether oxygens (including phenoxy) is 1. The summed E-state index contributed by atoms with van der Waals surface area (Å²) in [6.07, 6.45) is 5.08. The first-order valence-electron chi connectivity index (χ1n) is 12.0. The number of aryl methyl sites for hydroxylation is 1. The van der Waals surface area contributed by atoms with Gasteiger partial charge in [-0.1, -0.05) is 24.3 Å². The summed E-state index contributed by atoms with van der Waals surface area (Å²) in [5.41, 5.74) is 3.42. The number of hydrogen-bond donors (Lipinski definition) is 3. The Morgan fingerprint density at radius 2 is 2.03 bits per heavy atom. The third-order valence-electron chi connectivity index (χ3n) is 7.62. The predicted molar refractivity (Wildman–Crippen MR) is 131 cm³/mol. The molecule has 1 aliphatic carbocycles. The van der Waals surface area contributed by atoms with Crippen LogP contribution >= 0.6 is 0 Å². The number of amides is 3. The van der Waals surface area contributed by atoms with E-state index in [1.165, 1.54) is 10.9 Å². The van der Waals surface area contributed by atoms with E-state index in [4.69, 9.17) is 4.74 Å². The average molecular weight is 487 g/mol. The minimum atomic E-state index is -0.811. The van der Waals surface area contributed by atoms with E-state index in [2.05, 4.69) is 26.0 Å². The number of carbonyl (C=O) groups is 3. The van der Waals surface area contributed by atoms with Crippen molar-refractivity contribution in [2.75, 3.05) is 23.8 Å². The Hall–Kier alpha value is -4.05. The van der Waals surface area contributed by atoms with E-state index in [1.807, 2.05) is 24.3 Å². The third-order valence-corrected chi connectivity index (χ3v) is 7.62. The van der Waals surface area contributed by atoms with Crippen LogP contribution in [0.4, 0.5) is 11.5 Å². The average Bonchev–Trinajstić information content (AvgIpc) is 3.40.